The van der Waals surface area contributed by atoms with Crippen LogP contribution in [0.2, 0.25) is 0 Å². The molecule has 2 fully saturated rings. The Labute approximate surface area is 189 Å². The number of piperazine rings is 2. The zero-order chi connectivity index (χ0) is 22.3. The molecule has 1 atom stereocenters. The largest absolute Gasteiger partial charge is 0.353 e. The van der Waals surface area contributed by atoms with E-state index in [0.717, 1.165) is 38.2 Å². The Kier molecular flexibility index (Phi) is 7.50. The van der Waals surface area contributed by atoms with Gasteiger partial charge in [-0.25, -0.2) is 4.39 Å². The first-order valence-corrected chi connectivity index (χ1v) is 11.4. The number of carbonyl (C=O) groups is 2. The van der Waals surface area contributed by atoms with E-state index in [9.17, 15) is 14.0 Å². The third kappa shape index (κ3) is 5.93. The first-order valence-electron chi connectivity index (χ1n) is 11.4. The van der Waals surface area contributed by atoms with Crippen LogP contribution in [0.5, 0.6) is 0 Å². The van der Waals surface area contributed by atoms with E-state index in [1.165, 1.54) is 11.6 Å². The summed E-state index contributed by atoms with van der Waals surface area (Å²) in [6.45, 7) is 5.58. The van der Waals surface area contributed by atoms with E-state index >= 15 is 0 Å². The minimum Gasteiger partial charge on any atom is -0.353 e. The van der Waals surface area contributed by atoms with Crippen LogP contribution in [0.4, 0.5) is 4.39 Å². The van der Waals surface area contributed by atoms with Crippen LogP contribution in [0.15, 0.2) is 54.6 Å². The van der Waals surface area contributed by atoms with Crippen molar-refractivity contribution in [3.63, 3.8) is 0 Å². The van der Waals surface area contributed by atoms with Crippen molar-refractivity contribution in [2.24, 2.45) is 0 Å². The topological polar surface area (TPSA) is 55.9 Å². The number of halogens is 1. The summed E-state index contributed by atoms with van der Waals surface area (Å²) in [6.07, 6.45) is 1.07. The molecule has 2 aromatic carbocycles. The van der Waals surface area contributed by atoms with Gasteiger partial charge in [-0.15, -0.1) is 0 Å². The summed E-state index contributed by atoms with van der Waals surface area (Å²) >= 11 is 0. The Bertz CT molecular complexity index is 915. The zero-order valence-corrected chi connectivity index (χ0v) is 18.4. The molecule has 0 radical (unpaired) electrons. The molecule has 2 aliphatic rings. The van der Waals surface area contributed by atoms with E-state index in [0.29, 0.717) is 26.2 Å². The van der Waals surface area contributed by atoms with E-state index in [1.807, 2.05) is 29.2 Å². The Hall–Kier alpha value is -2.77. The van der Waals surface area contributed by atoms with E-state index in [4.69, 9.17) is 0 Å². The van der Waals surface area contributed by atoms with Crippen LogP contribution in [0, 0.1) is 5.82 Å². The van der Waals surface area contributed by atoms with Crippen molar-refractivity contribution in [2.45, 2.75) is 25.4 Å². The van der Waals surface area contributed by atoms with Gasteiger partial charge in [0.2, 0.25) is 11.8 Å². The predicted octanol–water partition coefficient (Wildman–Crippen LogP) is 1.90. The second-order valence-corrected chi connectivity index (χ2v) is 8.57. The van der Waals surface area contributed by atoms with Gasteiger partial charge >= 0.3 is 0 Å². The highest BCUT2D eigenvalue weighted by atomic mass is 19.1. The maximum absolute atomic E-state index is 13.4. The molecule has 7 heteroatoms. The molecule has 0 aromatic heterocycles. The molecule has 0 bridgehead atoms. The van der Waals surface area contributed by atoms with Gasteiger partial charge in [0.1, 0.15) is 5.82 Å². The van der Waals surface area contributed by atoms with Crippen LogP contribution in [0.1, 0.15) is 17.5 Å². The molecule has 170 valence electrons. The Balaban J connectivity index is 1.28. The van der Waals surface area contributed by atoms with Gasteiger partial charge in [0, 0.05) is 52.4 Å². The molecule has 2 amide bonds. The Morgan fingerprint density at radius 2 is 1.72 bits per heavy atom. The van der Waals surface area contributed by atoms with Crippen LogP contribution in [-0.2, 0) is 22.6 Å². The highest BCUT2D eigenvalue weighted by molar-refractivity contribution is 5.88. The highest BCUT2D eigenvalue weighted by Crippen LogP contribution is 2.15. The molecule has 6 nitrogen and oxygen atoms in total. The minimum absolute atomic E-state index is 0.0298. The van der Waals surface area contributed by atoms with Gasteiger partial charge in [0.25, 0.3) is 0 Å². The normalized spacial score (nSPS) is 20.2. The van der Waals surface area contributed by atoms with Crippen molar-refractivity contribution >= 4 is 11.8 Å². The van der Waals surface area contributed by atoms with E-state index in [2.05, 4.69) is 27.2 Å². The fourth-order valence-electron chi connectivity index (χ4n) is 4.51. The lowest BCUT2D eigenvalue weighted by molar-refractivity contribution is -0.140. The molecule has 32 heavy (non-hydrogen) atoms. The predicted molar refractivity (Wildman–Crippen MR) is 121 cm³/mol. The summed E-state index contributed by atoms with van der Waals surface area (Å²) in [5, 5.41) is 2.92. The number of nitrogens with one attached hydrogen (secondary N) is 1. The van der Waals surface area contributed by atoms with Crippen LogP contribution < -0.4 is 5.32 Å². The molecule has 1 unspecified atom stereocenters. The van der Waals surface area contributed by atoms with Crippen LogP contribution in [0.3, 0.4) is 0 Å². The van der Waals surface area contributed by atoms with Gasteiger partial charge in [-0.05, 0) is 29.7 Å². The lowest BCUT2D eigenvalue weighted by Crippen LogP contribution is -2.58. The standard InChI is InChI=1S/C25H31FN4O2/c26-22-8-4-7-21(17-22)19-28-13-15-30(16-14-28)24(31)18-23-25(32)27-10-12-29(23)11-9-20-5-2-1-3-6-20/h1-8,17,23H,9-16,18-19H2,(H,27,32). The van der Waals surface area contributed by atoms with Crippen LogP contribution in [-0.4, -0.2) is 78.4 Å². The molecular formula is C25H31FN4O2. The fourth-order valence-corrected chi connectivity index (χ4v) is 4.51. The molecule has 1 N–H and O–H groups in total. The third-order valence-electron chi connectivity index (χ3n) is 6.36. The van der Waals surface area contributed by atoms with E-state index in [1.54, 1.807) is 12.1 Å². The molecule has 4 rings (SSSR count). The SMILES string of the molecule is O=C1NCCN(CCc2ccccc2)C1CC(=O)N1CCN(Cc2cccc(F)c2)CC1. The molecular weight excluding hydrogens is 407 g/mol. The number of rotatable bonds is 7. The Morgan fingerprint density at radius 1 is 0.969 bits per heavy atom. The van der Waals surface area contributed by atoms with Crippen LogP contribution >= 0.6 is 0 Å². The summed E-state index contributed by atoms with van der Waals surface area (Å²) < 4.78 is 13.4. The summed E-state index contributed by atoms with van der Waals surface area (Å²) in [4.78, 5) is 31.8. The van der Waals surface area contributed by atoms with Gasteiger partial charge in [-0.1, -0.05) is 42.5 Å². The first kappa shape index (κ1) is 22.4. The lowest BCUT2D eigenvalue weighted by Gasteiger charge is -2.38. The molecule has 2 saturated heterocycles. The molecule has 0 saturated carbocycles. The third-order valence-corrected chi connectivity index (χ3v) is 6.36. The maximum atomic E-state index is 13.4. The molecule has 0 aliphatic carbocycles. The quantitative estimate of drug-likeness (QED) is 0.718. The fraction of sp³-hybridized carbons (Fsp3) is 0.440. The van der Waals surface area contributed by atoms with Gasteiger partial charge in [0.15, 0.2) is 0 Å². The second-order valence-electron chi connectivity index (χ2n) is 8.57. The maximum Gasteiger partial charge on any atom is 0.237 e. The smallest absolute Gasteiger partial charge is 0.237 e. The molecule has 2 aromatic rings. The molecule has 2 heterocycles. The summed E-state index contributed by atoms with van der Waals surface area (Å²) in [6, 6.07) is 16.5. The van der Waals surface area contributed by atoms with Crippen molar-refractivity contribution in [1.82, 2.24) is 20.0 Å². The number of hydrogen-bond donors (Lipinski definition) is 1. The first-order chi connectivity index (χ1) is 15.6. The monoisotopic (exact) mass is 438 g/mol. The van der Waals surface area contributed by atoms with Gasteiger partial charge in [0.05, 0.1) is 12.5 Å². The van der Waals surface area contributed by atoms with E-state index in [-0.39, 0.29) is 24.1 Å². The van der Waals surface area contributed by atoms with Gasteiger partial charge < -0.3 is 10.2 Å². The number of hydrogen-bond acceptors (Lipinski definition) is 4. The van der Waals surface area contributed by atoms with Crippen molar-refractivity contribution in [2.75, 3.05) is 45.8 Å². The minimum atomic E-state index is -0.412. The summed E-state index contributed by atoms with van der Waals surface area (Å²) in [5.41, 5.74) is 2.18. The van der Waals surface area contributed by atoms with E-state index < -0.39 is 6.04 Å². The summed E-state index contributed by atoms with van der Waals surface area (Å²) in [5.74, 6) is -0.247. The molecule has 0 spiro atoms. The van der Waals surface area contributed by atoms with Crippen molar-refractivity contribution < 1.29 is 14.0 Å². The zero-order valence-electron chi connectivity index (χ0n) is 18.4. The van der Waals surface area contributed by atoms with Gasteiger partial charge in [-0.3, -0.25) is 19.4 Å². The molecule has 2 aliphatic heterocycles. The number of nitrogens with zero attached hydrogens (tertiary/aromatic N) is 3. The average Bonchev–Trinajstić information content (AvgIpc) is 2.80. The number of benzene rings is 2. The second kappa shape index (κ2) is 10.7. The van der Waals surface area contributed by atoms with Crippen molar-refractivity contribution in [3.8, 4) is 0 Å². The summed E-state index contributed by atoms with van der Waals surface area (Å²) in [7, 11) is 0. The van der Waals surface area contributed by atoms with Crippen LogP contribution in [0.25, 0.3) is 0 Å². The Morgan fingerprint density at radius 3 is 2.47 bits per heavy atom. The number of carbonyl (C=O) groups excluding carboxylic acids is 2. The lowest BCUT2D eigenvalue weighted by atomic mass is 10.1. The number of amides is 2. The highest BCUT2D eigenvalue weighted by Gasteiger charge is 2.33. The van der Waals surface area contributed by atoms with Crippen molar-refractivity contribution in [3.05, 3.63) is 71.5 Å². The van der Waals surface area contributed by atoms with Crippen molar-refractivity contribution in [1.29, 1.82) is 0 Å². The average molecular weight is 439 g/mol. The van der Waals surface area contributed by atoms with Gasteiger partial charge in [-0.2, -0.15) is 0 Å².